The third-order valence-corrected chi connectivity index (χ3v) is 3.89. The van der Waals surface area contributed by atoms with Crippen LogP contribution in [-0.2, 0) is 9.47 Å². The van der Waals surface area contributed by atoms with E-state index in [2.05, 4.69) is 19.2 Å². The van der Waals surface area contributed by atoms with E-state index in [1.54, 1.807) is 0 Å². The predicted molar refractivity (Wildman–Crippen MR) is 64.6 cm³/mol. The van der Waals surface area contributed by atoms with Crippen LogP contribution in [0.3, 0.4) is 0 Å². The average Bonchev–Trinajstić information content (AvgIpc) is 2.29. The van der Waals surface area contributed by atoms with E-state index in [4.69, 9.17) is 9.47 Å². The van der Waals surface area contributed by atoms with Gasteiger partial charge in [-0.05, 0) is 18.8 Å². The van der Waals surface area contributed by atoms with Crippen molar-refractivity contribution in [1.82, 2.24) is 5.32 Å². The number of rotatable bonds is 3. The summed E-state index contributed by atoms with van der Waals surface area (Å²) in [6.45, 7) is 8.17. The Bertz CT molecular complexity index is 204. The van der Waals surface area contributed by atoms with E-state index < -0.39 is 0 Å². The molecule has 1 spiro atoms. The molecule has 16 heavy (non-hydrogen) atoms. The van der Waals surface area contributed by atoms with Gasteiger partial charge in [0.2, 0.25) is 0 Å². The lowest BCUT2D eigenvalue weighted by molar-refractivity contribution is -0.149. The molecule has 0 aliphatic carbocycles. The van der Waals surface area contributed by atoms with Gasteiger partial charge in [0.05, 0.1) is 12.2 Å². The summed E-state index contributed by atoms with van der Waals surface area (Å²) >= 11 is 0. The third-order valence-electron chi connectivity index (χ3n) is 3.89. The van der Waals surface area contributed by atoms with Crippen molar-refractivity contribution in [2.45, 2.75) is 51.2 Å². The van der Waals surface area contributed by atoms with Gasteiger partial charge in [0, 0.05) is 38.6 Å². The second kappa shape index (κ2) is 5.48. The highest BCUT2D eigenvalue weighted by Gasteiger charge is 2.42. The fourth-order valence-electron chi connectivity index (χ4n) is 2.85. The second-order valence-corrected chi connectivity index (χ2v) is 5.50. The summed E-state index contributed by atoms with van der Waals surface area (Å²) in [5, 5.41) is 3.65. The van der Waals surface area contributed by atoms with Gasteiger partial charge in [-0.1, -0.05) is 13.8 Å². The van der Waals surface area contributed by atoms with Gasteiger partial charge in [-0.2, -0.15) is 0 Å². The van der Waals surface area contributed by atoms with E-state index in [0.717, 1.165) is 45.1 Å². The first-order chi connectivity index (χ1) is 7.73. The number of morpholine rings is 1. The molecule has 0 aromatic rings. The molecule has 2 aliphatic rings. The molecule has 2 aliphatic heterocycles. The van der Waals surface area contributed by atoms with Gasteiger partial charge in [0.25, 0.3) is 0 Å². The summed E-state index contributed by atoms with van der Waals surface area (Å²) in [5.41, 5.74) is 0.0748. The van der Waals surface area contributed by atoms with Gasteiger partial charge in [0.1, 0.15) is 0 Å². The highest BCUT2D eigenvalue weighted by molar-refractivity contribution is 4.97. The molecule has 0 aromatic carbocycles. The number of hydrogen-bond donors (Lipinski definition) is 1. The van der Waals surface area contributed by atoms with Crippen LogP contribution in [0.2, 0.25) is 0 Å². The van der Waals surface area contributed by atoms with Crippen LogP contribution >= 0.6 is 0 Å². The van der Waals surface area contributed by atoms with E-state index in [-0.39, 0.29) is 5.60 Å². The molecule has 94 valence electrons. The van der Waals surface area contributed by atoms with Crippen molar-refractivity contribution in [2.24, 2.45) is 5.92 Å². The molecule has 0 aromatic heterocycles. The Morgan fingerprint density at radius 2 is 2.00 bits per heavy atom. The van der Waals surface area contributed by atoms with Crippen LogP contribution in [0, 0.1) is 5.92 Å². The zero-order valence-electron chi connectivity index (χ0n) is 10.6. The molecule has 0 amide bonds. The molecular weight excluding hydrogens is 202 g/mol. The molecule has 2 fully saturated rings. The van der Waals surface area contributed by atoms with Crippen molar-refractivity contribution in [3.8, 4) is 0 Å². The molecule has 1 atom stereocenters. The maximum atomic E-state index is 6.11. The zero-order chi connectivity index (χ0) is 11.4. The Morgan fingerprint density at radius 3 is 2.69 bits per heavy atom. The van der Waals surface area contributed by atoms with Crippen LogP contribution in [0.5, 0.6) is 0 Å². The maximum Gasteiger partial charge on any atom is 0.0879 e. The van der Waals surface area contributed by atoms with Crippen molar-refractivity contribution in [3.05, 3.63) is 0 Å². The van der Waals surface area contributed by atoms with Crippen molar-refractivity contribution in [3.63, 3.8) is 0 Å². The van der Waals surface area contributed by atoms with Gasteiger partial charge in [0.15, 0.2) is 0 Å². The molecule has 2 rings (SSSR count). The number of nitrogens with one attached hydrogen (secondary N) is 1. The first-order valence-corrected chi connectivity index (χ1v) is 6.68. The maximum absolute atomic E-state index is 6.11. The lowest BCUT2D eigenvalue weighted by atomic mass is 9.81. The minimum Gasteiger partial charge on any atom is -0.381 e. The molecule has 0 radical (unpaired) electrons. The molecule has 2 saturated heterocycles. The van der Waals surface area contributed by atoms with Crippen molar-refractivity contribution in [2.75, 3.05) is 26.4 Å². The highest BCUT2D eigenvalue weighted by Crippen LogP contribution is 2.33. The summed E-state index contributed by atoms with van der Waals surface area (Å²) in [5.74, 6) is 0.778. The first kappa shape index (κ1) is 12.3. The summed E-state index contributed by atoms with van der Waals surface area (Å²) < 4.78 is 11.6. The Labute approximate surface area is 98.9 Å². The van der Waals surface area contributed by atoms with E-state index in [1.165, 1.54) is 12.8 Å². The quantitative estimate of drug-likeness (QED) is 0.799. The average molecular weight is 227 g/mol. The minimum atomic E-state index is 0.0748. The van der Waals surface area contributed by atoms with Crippen molar-refractivity contribution in [1.29, 1.82) is 0 Å². The summed E-state index contributed by atoms with van der Waals surface area (Å²) in [6.07, 6.45) is 4.63. The third kappa shape index (κ3) is 2.76. The predicted octanol–water partition coefficient (Wildman–Crippen LogP) is 1.96. The molecular formula is C13H25NO2. The van der Waals surface area contributed by atoms with Crippen molar-refractivity contribution >= 4 is 0 Å². The zero-order valence-corrected chi connectivity index (χ0v) is 10.6. The van der Waals surface area contributed by atoms with Gasteiger partial charge < -0.3 is 14.8 Å². The molecule has 2 heterocycles. The summed E-state index contributed by atoms with van der Waals surface area (Å²) in [6, 6.07) is 0.535. The smallest absolute Gasteiger partial charge is 0.0879 e. The van der Waals surface area contributed by atoms with Gasteiger partial charge in [-0.3, -0.25) is 0 Å². The van der Waals surface area contributed by atoms with Crippen LogP contribution in [0.25, 0.3) is 0 Å². The minimum absolute atomic E-state index is 0.0748. The fourth-order valence-corrected chi connectivity index (χ4v) is 2.85. The van der Waals surface area contributed by atoms with Gasteiger partial charge in [-0.25, -0.2) is 0 Å². The van der Waals surface area contributed by atoms with Crippen molar-refractivity contribution < 1.29 is 9.47 Å². The Morgan fingerprint density at radius 1 is 1.25 bits per heavy atom. The number of ether oxygens (including phenoxy) is 2. The standard InChI is InChI=1S/C13H25NO2/c1-11(2)3-4-12-13(16-10-7-14-12)5-8-15-9-6-13/h11-12,14H,3-10H2,1-2H3. The number of hydrogen-bond acceptors (Lipinski definition) is 3. The Balaban J connectivity index is 1.95. The molecule has 1 N–H and O–H groups in total. The first-order valence-electron chi connectivity index (χ1n) is 6.68. The summed E-state index contributed by atoms with van der Waals surface area (Å²) in [4.78, 5) is 0. The van der Waals surface area contributed by atoms with E-state index in [9.17, 15) is 0 Å². The second-order valence-electron chi connectivity index (χ2n) is 5.50. The van der Waals surface area contributed by atoms with Crippen LogP contribution in [0.1, 0.15) is 39.5 Å². The molecule has 3 nitrogen and oxygen atoms in total. The lowest BCUT2D eigenvalue weighted by Gasteiger charge is -2.47. The fraction of sp³-hybridized carbons (Fsp3) is 1.00. The van der Waals surface area contributed by atoms with E-state index in [1.807, 2.05) is 0 Å². The topological polar surface area (TPSA) is 30.5 Å². The molecule has 3 heteroatoms. The van der Waals surface area contributed by atoms with Crippen LogP contribution in [0.15, 0.2) is 0 Å². The van der Waals surface area contributed by atoms with Gasteiger partial charge >= 0.3 is 0 Å². The highest BCUT2D eigenvalue weighted by atomic mass is 16.5. The lowest BCUT2D eigenvalue weighted by Crippen LogP contribution is -2.60. The SMILES string of the molecule is CC(C)CCC1NCCOC12CCOCC2. The van der Waals surface area contributed by atoms with Gasteiger partial charge in [-0.15, -0.1) is 0 Å². The van der Waals surface area contributed by atoms with Crippen LogP contribution in [0.4, 0.5) is 0 Å². The molecule has 0 bridgehead atoms. The normalized spacial score (nSPS) is 29.8. The van der Waals surface area contributed by atoms with Crippen LogP contribution < -0.4 is 5.32 Å². The molecule has 0 saturated carbocycles. The Kier molecular flexibility index (Phi) is 4.22. The largest absolute Gasteiger partial charge is 0.381 e. The van der Waals surface area contributed by atoms with Crippen LogP contribution in [-0.4, -0.2) is 38.0 Å². The monoisotopic (exact) mass is 227 g/mol. The Hall–Kier alpha value is -0.120. The van der Waals surface area contributed by atoms with E-state index in [0.29, 0.717) is 6.04 Å². The molecule has 1 unspecified atom stereocenters. The summed E-state index contributed by atoms with van der Waals surface area (Å²) in [7, 11) is 0. The van der Waals surface area contributed by atoms with E-state index >= 15 is 0 Å².